The molecule has 1 aliphatic carbocycles. The summed E-state index contributed by atoms with van der Waals surface area (Å²) >= 11 is 0. The fraction of sp³-hybridized carbons (Fsp3) is 1.00. The third-order valence-corrected chi connectivity index (χ3v) is 3.10. The third kappa shape index (κ3) is 3.14. The Morgan fingerprint density at radius 1 is 1.50 bits per heavy atom. The van der Waals surface area contributed by atoms with E-state index in [4.69, 9.17) is 5.73 Å². The molecule has 1 aliphatic rings. The minimum Gasteiger partial charge on any atom is -0.328 e. The summed E-state index contributed by atoms with van der Waals surface area (Å²) in [5, 5.41) is 0. The van der Waals surface area contributed by atoms with Crippen molar-refractivity contribution in [2.75, 3.05) is 0 Å². The van der Waals surface area contributed by atoms with E-state index in [-0.39, 0.29) is 0 Å². The Morgan fingerprint density at radius 3 is 2.58 bits per heavy atom. The lowest BCUT2D eigenvalue weighted by Gasteiger charge is -2.17. The quantitative estimate of drug-likeness (QED) is 0.690. The van der Waals surface area contributed by atoms with Crippen LogP contribution in [0.4, 0.5) is 0 Å². The third-order valence-electron chi connectivity index (χ3n) is 3.10. The zero-order chi connectivity index (χ0) is 9.19. The monoisotopic (exact) mass is 169 g/mol. The van der Waals surface area contributed by atoms with Crippen LogP contribution in [0.2, 0.25) is 0 Å². The summed E-state index contributed by atoms with van der Waals surface area (Å²) in [7, 11) is 0. The maximum Gasteiger partial charge on any atom is 0.00105 e. The van der Waals surface area contributed by atoms with E-state index in [0.29, 0.717) is 11.5 Å². The maximum atomic E-state index is 5.74. The normalized spacial score (nSPS) is 30.5. The summed E-state index contributed by atoms with van der Waals surface area (Å²) in [5.41, 5.74) is 6.35. The zero-order valence-electron chi connectivity index (χ0n) is 8.77. The molecule has 1 rings (SSSR count). The lowest BCUT2D eigenvalue weighted by Crippen LogP contribution is -2.16. The lowest BCUT2D eigenvalue weighted by molar-refractivity contribution is 0.348. The SMILES string of the molecule is C[C@@H](N)CCC1CCC(C)(C)C1. The highest BCUT2D eigenvalue weighted by Crippen LogP contribution is 2.42. The summed E-state index contributed by atoms with van der Waals surface area (Å²) < 4.78 is 0. The van der Waals surface area contributed by atoms with Crippen molar-refractivity contribution in [3.8, 4) is 0 Å². The van der Waals surface area contributed by atoms with Gasteiger partial charge in [0, 0.05) is 6.04 Å². The van der Waals surface area contributed by atoms with E-state index < -0.39 is 0 Å². The Labute approximate surface area is 76.7 Å². The summed E-state index contributed by atoms with van der Waals surface area (Å²) in [5.74, 6) is 0.964. The molecule has 0 spiro atoms. The van der Waals surface area contributed by atoms with E-state index in [1.54, 1.807) is 0 Å². The van der Waals surface area contributed by atoms with E-state index in [1.807, 2.05) is 0 Å². The van der Waals surface area contributed by atoms with Crippen LogP contribution in [0.5, 0.6) is 0 Å². The molecule has 0 aromatic rings. The summed E-state index contributed by atoms with van der Waals surface area (Å²) in [4.78, 5) is 0. The van der Waals surface area contributed by atoms with Crippen molar-refractivity contribution in [3.63, 3.8) is 0 Å². The Morgan fingerprint density at radius 2 is 2.17 bits per heavy atom. The van der Waals surface area contributed by atoms with Gasteiger partial charge in [-0.05, 0) is 50.4 Å². The average Bonchev–Trinajstić information content (AvgIpc) is 2.26. The number of nitrogens with two attached hydrogens (primary N) is 1. The van der Waals surface area contributed by atoms with Gasteiger partial charge in [0.2, 0.25) is 0 Å². The van der Waals surface area contributed by atoms with Crippen molar-refractivity contribution >= 4 is 0 Å². The molecule has 2 atom stereocenters. The Balaban J connectivity index is 2.20. The molecule has 2 N–H and O–H groups in total. The number of hydrogen-bond donors (Lipinski definition) is 1. The van der Waals surface area contributed by atoms with Crippen molar-refractivity contribution in [2.45, 2.75) is 58.9 Å². The first-order valence-electron chi connectivity index (χ1n) is 5.25. The molecule has 1 heteroatoms. The van der Waals surface area contributed by atoms with Crippen molar-refractivity contribution in [2.24, 2.45) is 17.1 Å². The van der Waals surface area contributed by atoms with Crippen molar-refractivity contribution < 1.29 is 0 Å². The van der Waals surface area contributed by atoms with Gasteiger partial charge in [0.15, 0.2) is 0 Å². The van der Waals surface area contributed by atoms with Gasteiger partial charge in [0.05, 0.1) is 0 Å². The van der Waals surface area contributed by atoms with Crippen LogP contribution in [0.3, 0.4) is 0 Å². The minimum absolute atomic E-state index is 0.397. The average molecular weight is 169 g/mol. The van der Waals surface area contributed by atoms with Crippen LogP contribution in [0.25, 0.3) is 0 Å². The van der Waals surface area contributed by atoms with Crippen LogP contribution in [-0.2, 0) is 0 Å². The van der Waals surface area contributed by atoms with Crippen LogP contribution >= 0.6 is 0 Å². The standard InChI is InChI=1S/C11H23N/c1-9(12)4-5-10-6-7-11(2,3)8-10/h9-10H,4-8,12H2,1-3H3/t9-,10?/m1/s1. The van der Waals surface area contributed by atoms with E-state index >= 15 is 0 Å². The van der Waals surface area contributed by atoms with E-state index in [1.165, 1.54) is 32.1 Å². The van der Waals surface area contributed by atoms with E-state index in [0.717, 1.165) is 5.92 Å². The predicted octanol–water partition coefficient (Wildman–Crippen LogP) is 2.94. The molecule has 0 heterocycles. The molecule has 0 aromatic heterocycles. The van der Waals surface area contributed by atoms with Crippen molar-refractivity contribution in [1.82, 2.24) is 0 Å². The highest BCUT2D eigenvalue weighted by molar-refractivity contribution is 4.82. The highest BCUT2D eigenvalue weighted by atomic mass is 14.6. The molecule has 0 bridgehead atoms. The first-order valence-corrected chi connectivity index (χ1v) is 5.25. The summed E-state index contributed by atoms with van der Waals surface area (Å²) in [6.45, 7) is 6.89. The highest BCUT2D eigenvalue weighted by Gasteiger charge is 2.30. The zero-order valence-corrected chi connectivity index (χ0v) is 8.77. The van der Waals surface area contributed by atoms with Gasteiger partial charge in [-0.2, -0.15) is 0 Å². The van der Waals surface area contributed by atoms with Crippen LogP contribution in [0, 0.1) is 11.3 Å². The topological polar surface area (TPSA) is 26.0 Å². The summed E-state index contributed by atoms with van der Waals surface area (Å²) in [6, 6.07) is 0.397. The molecule has 12 heavy (non-hydrogen) atoms. The molecular formula is C11H23N. The largest absolute Gasteiger partial charge is 0.328 e. The van der Waals surface area contributed by atoms with E-state index in [9.17, 15) is 0 Å². The molecule has 0 saturated heterocycles. The first-order chi connectivity index (χ1) is 5.49. The molecule has 1 fully saturated rings. The van der Waals surface area contributed by atoms with Crippen LogP contribution < -0.4 is 5.73 Å². The number of rotatable bonds is 3. The lowest BCUT2D eigenvalue weighted by atomic mass is 9.89. The van der Waals surface area contributed by atoms with Gasteiger partial charge >= 0.3 is 0 Å². The van der Waals surface area contributed by atoms with Gasteiger partial charge in [-0.1, -0.05) is 13.8 Å². The second-order valence-corrected chi connectivity index (χ2v) is 5.33. The molecule has 1 unspecified atom stereocenters. The fourth-order valence-corrected chi connectivity index (χ4v) is 2.33. The second-order valence-electron chi connectivity index (χ2n) is 5.33. The molecular weight excluding hydrogens is 146 g/mol. The summed E-state index contributed by atoms with van der Waals surface area (Å²) in [6.07, 6.45) is 6.82. The molecule has 72 valence electrons. The van der Waals surface area contributed by atoms with Gasteiger partial charge in [-0.25, -0.2) is 0 Å². The smallest absolute Gasteiger partial charge is 0.00105 e. The molecule has 1 saturated carbocycles. The Kier molecular flexibility index (Phi) is 3.16. The van der Waals surface area contributed by atoms with Crippen LogP contribution in [0.15, 0.2) is 0 Å². The maximum absolute atomic E-state index is 5.74. The molecule has 1 nitrogen and oxygen atoms in total. The number of hydrogen-bond acceptors (Lipinski definition) is 1. The van der Waals surface area contributed by atoms with E-state index in [2.05, 4.69) is 20.8 Å². The Bertz CT molecular complexity index is 138. The van der Waals surface area contributed by atoms with Crippen molar-refractivity contribution in [1.29, 1.82) is 0 Å². The van der Waals surface area contributed by atoms with Gasteiger partial charge < -0.3 is 5.73 Å². The molecule has 0 radical (unpaired) electrons. The van der Waals surface area contributed by atoms with Gasteiger partial charge in [-0.15, -0.1) is 0 Å². The first kappa shape index (κ1) is 10.0. The minimum atomic E-state index is 0.397. The van der Waals surface area contributed by atoms with Gasteiger partial charge in [-0.3, -0.25) is 0 Å². The van der Waals surface area contributed by atoms with Gasteiger partial charge in [0.25, 0.3) is 0 Å². The second kappa shape index (κ2) is 3.78. The molecule has 0 amide bonds. The Hall–Kier alpha value is -0.0400. The predicted molar refractivity (Wildman–Crippen MR) is 54.0 cm³/mol. The van der Waals surface area contributed by atoms with Crippen LogP contribution in [-0.4, -0.2) is 6.04 Å². The fourth-order valence-electron chi connectivity index (χ4n) is 2.33. The van der Waals surface area contributed by atoms with Crippen molar-refractivity contribution in [3.05, 3.63) is 0 Å². The van der Waals surface area contributed by atoms with Gasteiger partial charge in [0.1, 0.15) is 0 Å². The molecule has 0 aromatic carbocycles. The van der Waals surface area contributed by atoms with Crippen LogP contribution in [0.1, 0.15) is 52.9 Å². The molecule has 0 aliphatic heterocycles.